The van der Waals surface area contributed by atoms with Gasteiger partial charge in [0, 0.05) is 22.4 Å². The number of benzene rings is 3. The average molecular weight is 453 g/mol. The normalized spacial score (nSPS) is 12.9. The third kappa shape index (κ3) is 3.85. The van der Waals surface area contributed by atoms with E-state index >= 15 is 0 Å². The lowest BCUT2D eigenvalue weighted by Gasteiger charge is -2.34. The Balaban J connectivity index is 1.76. The van der Waals surface area contributed by atoms with Crippen LogP contribution >= 0.6 is 0 Å². The maximum Gasteiger partial charge on any atom is 0.204 e. The van der Waals surface area contributed by atoms with Gasteiger partial charge in [-0.25, -0.2) is 4.98 Å². The van der Waals surface area contributed by atoms with Crippen LogP contribution in [-0.2, 0) is 0 Å². The number of nitrogens with one attached hydrogen (secondary N) is 1. The molecule has 0 saturated heterocycles. The fourth-order valence-electron chi connectivity index (χ4n) is 5.75. The summed E-state index contributed by atoms with van der Waals surface area (Å²) in [5.74, 6) is 0.937. The van der Waals surface area contributed by atoms with Gasteiger partial charge in [0.1, 0.15) is 5.52 Å². The number of rotatable bonds is 5. The fourth-order valence-corrected chi connectivity index (χ4v) is 5.75. The second kappa shape index (κ2) is 7.90. The van der Waals surface area contributed by atoms with E-state index in [4.69, 9.17) is 4.98 Å². The molecule has 2 heterocycles. The molecule has 0 atom stereocenters. The molecule has 0 bridgehead atoms. The Labute approximate surface area is 202 Å². The molecule has 0 unspecified atom stereocenters. The van der Waals surface area contributed by atoms with Gasteiger partial charge in [-0.3, -0.25) is 0 Å². The maximum absolute atomic E-state index is 5.25. The van der Waals surface area contributed by atoms with Gasteiger partial charge in [0.2, 0.25) is 5.95 Å². The average Bonchev–Trinajstić information content (AvgIpc) is 3.27. The van der Waals surface area contributed by atoms with Crippen molar-refractivity contribution in [1.29, 1.82) is 0 Å². The van der Waals surface area contributed by atoms with Gasteiger partial charge in [-0.15, -0.1) is 0 Å². The lowest BCUT2D eigenvalue weighted by atomic mass is 9.82. The number of fused-ring (bicyclic) bond motifs is 4. The maximum atomic E-state index is 5.25. The highest BCUT2D eigenvalue weighted by Crippen LogP contribution is 2.37. The fraction of sp³-hybridized carbons (Fsp3) is 0.367. The van der Waals surface area contributed by atoms with Gasteiger partial charge in [-0.2, -0.15) is 0 Å². The van der Waals surface area contributed by atoms with Crippen LogP contribution in [0.2, 0.25) is 0 Å². The van der Waals surface area contributed by atoms with Gasteiger partial charge < -0.3 is 14.5 Å². The number of anilines is 1. The molecule has 5 rings (SSSR count). The SMILES string of the molecule is CC(C)n1c(NC(C)(C)CC(C)(C)C)nc2c(-n3c4ccccc4c4ccccc43)cccc21. The van der Waals surface area contributed by atoms with Crippen LogP contribution in [0.1, 0.15) is 60.9 Å². The molecule has 1 N–H and O–H groups in total. The van der Waals surface area contributed by atoms with E-state index in [-0.39, 0.29) is 17.0 Å². The molecule has 0 aliphatic carbocycles. The first-order valence-corrected chi connectivity index (χ1v) is 12.3. The highest BCUT2D eigenvalue weighted by molar-refractivity contribution is 6.10. The zero-order valence-electron chi connectivity index (χ0n) is 21.5. The highest BCUT2D eigenvalue weighted by Gasteiger charge is 2.28. The number of imidazole rings is 1. The first kappa shape index (κ1) is 22.5. The van der Waals surface area contributed by atoms with Gasteiger partial charge >= 0.3 is 0 Å². The van der Waals surface area contributed by atoms with Gasteiger partial charge in [-0.1, -0.05) is 63.2 Å². The highest BCUT2D eigenvalue weighted by atomic mass is 15.2. The van der Waals surface area contributed by atoms with E-state index in [1.807, 2.05) is 0 Å². The summed E-state index contributed by atoms with van der Waals surface area (Å²) < 4.78 is 4.71. The first-order chi connectivity index (χ1) is 16.1. The van der Waals surface area contributed by atoms with Crippen LogP contribution < -0.4 is 5.32 Å². The van der Waals surface area contributed by atoms with Crippen LogP contribution in [0, 0.1) is 5.41 Å². The van der Waals surface area contributed by atoms with E-state index in [2.05, 4.69) is 130 Å². The smallest absolute Gasteiger partial charge is 0.204 e. The van der Waals surface area contributed by atoms with Gasteiger partial charge in [0.15, 0.2) is 0 Å². The Kier molecular flexibility index (Phi) is 5.23. The molecule has 4 nitrogen and oxygen atoms in total. The van der Waals surface area contributed by atoms with E-state index < -0.39 is 0 Å². The van der Waals surface area contributed by atoms with E-state index in [9.17, 15) is 0 Å². The molecule has 0 amide bonds. The molecule has 2 aromatic heterocycles. The quantitative estimate of drug-likeness (QED) is 0.291. The second-order valence-corrected chi connectivity index (χ2v) is 11.7. The number of hydrogen-bond donors (Lipinski definition) is 1. The topological polar surface area (TPSA) is 34.8 Å². The molecule has 0 saturated carbocycles. The Bertz CT molecular complexity index is 1440. The van der Waals surface area contributed by atoms with Crippen molar-refractivity contribution in [3.05, 3.63) is 66.7 Å². The van der Waals surface area contributed by atoms with Crippen molar-refractivity contribution in [3.8, 4) is 5.69 Å². The van der Waals surface area contributed by atoms with Crippen LogP contribution in [0.3, 0.4) is 0 Å². The van der Waals surface area contributed by atoms with Crippen LogP contribution in [0.15, 0.2) is 66.7 Å². The van der Waals surface area contributed by atoms with Gasteiger partial charge in [0.05, 0.1) is 22.2 Å². The molecule has 176 valence electrons. The van der Waals surface area contributed by atoms with Crippen molar-refractivity contribution in [2.24, 2.45) is 5.41 Å². The van der Waals surface area contributed by atoms with Gasteiger partial charge in [-0.05, 0) is 63.8 Å². The molecule has 34 heavy (non-hydrogen) atoms. The summed E-state index contributed by atoms with van der Waals surface area (Å²) in [5.41, 5.74) is 5.85. The van der Waals surface area contributed by atoms with Crippen molar-refractivity contribution in [2.45, 2.75) is 66.5 Å². The molecule has 0 aliphatic rings. The summed E-state index contributed by atoms with van der Waals surface area (Å²) in [4.78, 5) is 5.25. The minimum atomic E-state index is -0.0841. The molecule has 0 spiro atoms. The summed E-state index contributed by atoms with van der Waals surface area (Å²) >= 11 is 0. The van der Waals surface area contributed by atoms with Crippen LogP contribution in [0.5, 0.6) is 0 Å². The first-order valence-electron chi connectivity index (χ1n) is 12.3. The zero-order valence-corrected chi connectivity index (χ0v) is 21.5. The third-order valence-electron chi connectivity index (χ3n) is 6.46. The van der Waals surface area contributed by atoms with Crippen molar-refractivity contribution in [3.63, 3.8) is 0 Å². The third-order valence-corrected chi connectivity index (χ3v) is 6.46. The molecule has 5 aromatic rings. The number of hydrogen-bond acceptors (Lipinski definition) is 2. The molecule has 3 aromatic carbocycles. The zero-order chi connectivity index (χ0) is 24.3. The second-order valence-electron chi connectivity index (χ2n) is 11.7. The van der Waals surface area contributed by atoms with Crippen molar-refractivity contribution in [1.82, 2.24) is 14.1 Å². The van der Waals surface area contributed by atoms with E-state index in [1.54, 1.807) is 0 Å². The Morgan fingerprint density at radius 3 is 1.88 bits per heavy atom. The van der Waals surface area contributed by atoms with Crippen LogP contribution in [-0.4, -0.2) is 19.7 Å². The van der Waals surface area contributed by atoms with E-state index in [0.717, 1.165) is 29.1 Å². The number of nitrogens with zero attached hydrogens (tertiary/aromatic N) is 3. The Hall–Kier alpha value is -3.27. The van der Waals surface area contributed by atoms with Crippen molar-refractivity contribution >= 4 is 38.8 Å². The molecule has 0 radical (unpaired) electrons. The molecular weight excluding hydrogens is 416 g/mol. The molecule has 0 aliphatic heterocycles. The van der Waals surface area contributed by atoms with Crippen molar-refractivity contribution in [2.75, 3.05) is 5.32 Å². The Morgan fingerprint density at radius 1 is 0.765 bits per heavy atom. The summed E-state index contributed by atoms with van der Waals surface area (Å²) in [7, 11) is 0. The minimum absolute atomic E-state index is 0.0841. The summed E-state index contributed by atoms with van der Waals surface area (Å²) in [6.07, 6.45) is 1.04. The monoisotopic (exact) mass is 452 g/mol. The molecular formula is C30H36N4. The number of para-hydroxylation sites is 3. The number of aromatic nitrogens is 3. The Morgan fingerprint density at radius 2 is 1.32 bits per heavy atom. The molecule has 0 fully saturated rings. The van der Waals surface area contributed by atoms with E-state index in [1.165, 1.54) is 21.8 Å². The lowest BCUT2D eigenvalue weighted by molar-refractivity contribution is 0.300. The summed E-state index contributed by atoms with van der Waals surface area (Å²) in [6, 6.07) is 24.1. The van der Waals surface area contributed by atoms with Crippen molar-refractivity contribution < 1.29 is 0 Å². The minimum Gasteiger partial charge on any atom is -0.351 e. The van der Waals surface area contributed by atoms with Crippen LogP contribution in [0.4, 0.5) is 5.95 Å². The lowest BCUT2D eigenvalue weighted by Crippen LogP contribution is -2.36. The molecule has 4 heteroatoms. The predicted octanol–water partition coefficient (Wildman–Crippen LogP) is 8.34. The summed E-state index contributed by atoms with van der Waals surface area (Å²) in [6.45, 7) is 15.9. The van der Waals surface area contributed by atoms with Crippen LogP contribution in [0.25, 0.3) is 38.5 Å². The largest absolute Gasteiger partial charge is 0.351 e. The van der Waals surface area contributed by atoms with Gasteiger partial charge in [0.25, 0.3) is 0 Å². The standard InChI is InChI=1S/C30H36N4/c1-20(2)33-25-17-12-18-26(27(25)31-28(33)32-30(6,7)19-29(3,4)5)34-23-15-10-8-13-21(23)22-14-9-11-16-24(22)34/h8-18,20H,19H2,1-7H3,(H,31,32). The van der Waals surface area contributed by atoms with E-state index in [0.29, 0.717) is 0 Å². The summed E-state index contributed by atoms with van der Waals surface area (Å²) in [5, 5.41) is 6.34. The predicted molar refractivity (Wildman–Crippen MR) is 146 cm³/mol.